The third-order valence-electron chi connectivity index (χ3n) is 4.64. The standard InChI is InChI=1S/C23H30N2O2/c1-16(2)13-25(14-17(3)4)15-20-22(26)11-10-19-21(24-27-23(19)20)12-18-8-6-5-7-9-18/h5-11,16-17,26H,12-15H2,1-4H3. The van der Waals surface area contributed by atoms with E-state index >= 15 is 0 Å². The lowest BCUT2D eigenvalue weighted by molar-refractivity contribution is 0.209. The van der Waals surface area contributed by atoms with E-state index in [1.165, 1.54) is 5.56 Å². The minimum Gasteiger partial charge on any atom is -0.507 e. The van der Waals surface area contributed by atoms with Crippen molar-refractivity contribution >= 4 is 11.0 Å². The lowest BCUT2D eigenvalue weighted by Gasteiger charge is -2.26. The van der Waals surface area contributed by atoms with Crippen LogP contribution in [-0.2, 0) is 13.0 Å². The molecule has 3 rings (SSSR count). The highest BCUT2D eigenvalue weighted by Crippen LogP contribution is 2.31. The molecule has 0 fully saturated rings. The Balaban J connectivity index is 1.91. The van der Waals surface area contributed by atoms with Crippen LogP contribution in [0.15, 0.2) is 47.0 Å². The summed E-state index contributed by atoms with van der Waals surface area (Å²) in [5, 5.41) is 15.8. The van der Waals surface area contributed by atoms with E-state index in [-0.39, 0.29) is 5.75 Å². The molecule has 0 radical (unpaired) electrons. The highest BCUT2D eigenvalue weighted by Gasteiger charge is 2.19. The summed E-state index contributed by atoms with van der Waals surface area (Å²) in [6, 6.07) is 13.9. The molecular formula is C23H30N2O2. The van der Waals surface area contributed by atoms with Crippen molar-refractivity contribution in [2.75, 3.05) is 13.1 Å². The third kappa shape index (κ3) is 4.89. The van der Waals surface area contributed by atoms with Crippen LogP contribution >= 0.6 is 0 Å². The van der Waals surface area contributed by atoms with Gasteiger partial charge in [-0.25, -0.2) is 0 Å². The molecule has 0 aliphatic carbocycles. The highest BCUT2D eigenvalue weighted by molar-refractivity contribution is 5.84. The minimum absolute atomic E-state index is 0.280. The first kappa shape index (κ1) is 19.4. The van der Waals surface area contributed by atoms with Crippen molar-refractivity contribution in [3.8, 4) is 5.75 Å². The molecule has 0 unspecified atom stereocenters. The Morgan fingerprint density at radius 2 is 1.63 bits per heavy atom. The van der Waals surface area contributed by atoms with Crippen LogP contribution < -0.4 is 0 Å². The van der Waals surface area contributed by atoms with Gasteiger partial charge < -0.3 is 9.63 Å². The van der Waals surface area contributed by atoms with Crippen molar-refractivity contribution in [3.05, 3.63) is 59.3 Å². The van der Waals surface area contributed by atoms with Crippen molar-refractivity contribution in [1.82, 2.24) is 10.1 Å². The number of phenolic OH excluding ortho intramolecular Hbond substituents is 1. The van der Waals surface area contributed by atoms with Gasteiger partial charge in [0.2, 0.25) is 0 Å². The highest BCUT2D eigenvalue weighted by atomic mass is 16.5. The molecule has 3 aromatic rings. The van der Waals surface area contributed by atoms with Gasteiger partial charge in [-0.3, -0.25) is 4.90 Å². The topological polar surface area (TPSA) is 49.5 Å². The van der Waals surface area contributed by atoms with Crippen LogP contribution in [0.2, 0.25) is 0 Å². The molecule has 0 amide bonds. The maximum absolute atomic E-state index is 10.5. The molecule has 0 aliphatic heterocycles. The van der Waals surface area contributed by atoms with E-state index in [0.717, 1.165) is 36.2 Å². The summed E-state index contributed by atoms with van der Waals surface area (Å²) in [6.07, 6.45) is 0.722. The van der Waals surface area contributed by atoms with Gasteiger partial charge in [-0.05, 0) is 29.5 Å². The van der Waals surface area contributed by atoms with Gasteiger partial charge >= 0.3 is 0 Å². The van der Waals surface area contributed by atoms with E-state index in [1.807, 2.05) is 24.3 Å². The van der Waals surface area contributed by atoms with Crippen LogP contribution in [-0.4, -0.2) is 28.3 Å². The average molecular weight is 367 g/mol. The molecule has 1 aromatic heterocycles. The molecular weight excluding hydrogens is 336 g/mol. The molecule has 0 atom stereocenters. The van der Waals surface area contributed by atoms with Gasteiger partial charge in [0, 0.05) is 31.4 Å². The third-order valence-corrected chi connectivity index (χ3v) is 4.64. The Labute approximate surface area is 161 Å². The number of rotatable bonds is 8. The number of phenols is 1. The molecule has 144 valence electrons. The summed E-state index contributed by atoms with van der Waals surface area (Å²) in [4.78, 5) is 2.39. The fourth-order valence-corrected chi connectivity index (χ4v) is 3.63. The fourth-order valence-electron chi connectivity index (χ4n) is 3.63. The van der Waals surface area contributed by atoms with Crippen LogP contribution in [0.25, 0.3) is 11.0 Å². The summed E-state index contributed by atoms with van der Waals surface area (Å²) in [6.45, 7) is 11.5. The number of hydrogen-bond donors (Lipinski definition) is 1. The zero-order valence-electron chi connectivity index (χ0n) is 16.8. The minimum atomic E-state index is 0.280. The maximum atomic E-state index is 10.5. The van der Waals surface area contributed by atoms with Crippen molar-refractivity contribution < 1.29 is 9.63 Å². The van der Waals surface area contributed by atoms with Gasteiger partial charge in [-0.2, -0.15) is 0 Å². The first-order valence-corrected chi connectivity index (χ1v) is 9.79. The summed E-state index contributed by atoms with van der Waals surface area (Å²) < 4.78 is 5.71. The molecule has 4 heteroatoms. The van der Waals surface area contributed by atoms with E-state index in [4.69, 9.17) is 4.52 Å². The molecule has 0 saturated carbocycles. The van der Waals surface area contributed by atoms with E-state index in [2.05, 4.69) is 49.9 Å². The van der Waals surface area contributed by atoms with Crippen molar-refractivity contribution in [2.45, 2.75) is 40.7 Å². The smallest absolute Gasteiger partial charge is 0.175 e. The number of hydrogen-bond acceptors (Lipinski definition) is 4. The van der Waals surface area contributed by atoms with Crippen LogP contribution in [0.4, 0.5) is 0 Å². The zero-order valence-corrected chi connectivity index (χ0v) is 16.8. The first-order valence-electron chi connectivity index (χ1n) is 9.79. The predicted octanol–water partition coefficient (Wildman–Crippen LogP) is 5.24. The van der Waals surface area contributed by atoms with E-state index in [1.54, 1.807) is 6.07 Å². The largest absolute Gasteiger partial charge is 0.507 e. The van der Waals surface area contributed by atoms with Gasteiger partial charge in [-0.1, -0.05) is 63.2 Å². The van der Waals surface area contributed by atoms with E-state index in [9.17, 15) is 5.11 Å². The number of aromatic hydroxyl groups is 1. The van der Waals surface area contributed by atoms with Crippen molar-refractivity contribution in [3.63, 3.8) is 0 Å². The van der Waals surface area contributed by atoms with Crippen molar-refractivity contribution in [2.24, 2.45) is 11.8 Å². The molecule has 1 heterocycles. The Bertz CT molecular complexity index is 859. The zero-order chi connectivity index (χ0) is 19.4. The van der Waals surface area contributed by atoms with Crippen molar-refractivity contribution in [1.29, 1.82) is 0 Å². The average Bonchev–Trinajstić information content (AvgIpc) is 3.00. The second-order valence-corrected chi connectivity index (χ2v) is 8.21. The SMILES string of the molecule is CC(C)CN(Cc1c(O)ccc2c(Cc3ccccc3)noc12)CC(C)C. The molecule has 4 nitrogen and oxygen atoms in total. The predicted molar refractivity (Wildman–Crippen MR) is 110 cm³/mol. The Morgan fingerprint density at radius 1 is 0.963 bits per heavy atom. The summed E-state index contributed by atoms with van der Waals surface area (Å²) in [5.41, 5.74) is 3.65. The van der Waals surface area contributed by atoms with Crippen LogP contribution in [0.3, 0.4) is 0 Å². The van der Waals surface area contributed by atoms with Gasteiger partial charge in [0.15, 0.2) is 5.58 Å². The quantitative estimate of drug-likeness (QED) is 0.592. The number of benzene rings is 2. The first-order chi connectivity index (χ1) is 12.9. The number of fused-ring (bicyclic) bond motifs is 1. The fraction of sp³-hybridized carbons (Fsp3) is 0.435. The molecule has 2 aromatic carbocycles. The molecule has 0 bridgehead atoms. The number of nitrogens with zero attached hydrogens (tertiary/aromatic N) is 2. The molecule has 1 N–H and O–H groups in total. The molecule has 0 saturated heterocycles. The summed E-state index contributed by atoms with van der Waals surface area (Å²) >= 11 is 0. The van der Waals surface area contributed by atoms with Crippen LogP contribution in [0.5, 0.6) is 5.75 Å². The summed E-state index contributed by atoms with van der Waals surface area (Å²) in [7, 11) is 0. The normalized spacial score (nSPS) is 12.0. The van der Waals surface area contributed by atoms with Gasteiger partial charge in [0.05, 0.1) is 11.3 Å². The molecule has 0 aliphatic rings. The maximum Gasteiger partial charge on any atom is 0.175 e. The van der Waals surface area contributed by atoms with E-state index in [0.29, 0.717) is 24.0 Å². The molecule has 0 spiro atoms. The Morgan fingerprint density at radius 3 is 2.26 bits per heavy atom. The van der Waals surface area contributed by atoms with Gasteiger partial charge in [0.1, 0.15) is 5.75 Å². The second kappa shape index (κ2) is 8.57. The Kier molecular flexibility index (Phi) is 6.17. The monoisotopic (exact) mass is 366 g/mol. The van der Waals surface area contributed by atoms with Gasteiger partial charge in [-0.15, -0.1) is 0 Å². The number of aromatic nitrogens is 1. The lowest BCUT2D eigenvalue weighted by Crippen LogP contribution is -2.31. The summed E-state index contributed by atoms with van der Waals surface area (Å²) in [5.74, 6) is 1.41. The molecule has 27 heavy (non-hydrogen) atoms. The van der Waals surface area contributed by atoms with Crippen LogP contribution in [0.1, 0.15) is 44.5 Å². The van der Waals surface area contributed by atoms with Crippen LogP contribution in [0, 0.1) is 11.8 Å². The van der Waals surface area contributed by atoms with E-state index < -0.39 is 0 Å². The Hall–Kier alpha value is -2.33. The second-order valence-electron chi connectivity index (χ2n) is 8.21. The lowest BCUT2D eigenvalue weighted by atomic mass is 10.0. The van der Waals surface area contributed by atoms with Gasteiger partial charge in [0.25, 0.3) is 0 Å².